The zero-order valence-corrected chi connectivity index (χ0v) is 18.7. The molecule has 31 heavy (non-hydrogen) atoms. The van der Waals surface area contributed by atoms with Gasteiger partial charge in [0.05, 0.1) is 17.1 Å². The lowest BCUT2D eigenvalue weighted by Gasteiger charge is -2.34. The van der Waals surface area contributed by atoms with E-state index in [2.05, 4.69) is 58.9 Å². The van der Waals surface area contributed by atoms with Crippen molar-refractivity contribution in [2.24, 2.45) is 5.92 Å². The summed E-state index contributed by atoms with van der Waals surface area (Å²) >= 11 is 0. The summed E-state index contributed by atoms with van der Waals surface area (Å²) in [6.07, 6.45) is 5.76. The van der Waals surface area contributed by atoms with E-state index in [0.29, 0.717) is 5.92 Å². The molecule has 1 N–H and O–H groups in total. The number of hydrogen-bond donors (Lipinski definition) is 1. The molecular formula is C24H30N6O. The van der Waals surface area contributed by atoms with E-state index in [1.54, 1.807) is 6.33 Å². The molecule has 4 heterocycles. The number of hydrogen-bond acceptors (Lipinski definition) is 4. The first kappa shape index (κ1) is 20.0. The third-order valence-electron chi connectivity index (χ3n) is 6.40. The van der Waals surface area contributed by atoms with Crippen LogP contribution in [-0.2, 0) is 0 Å². The topological polar surface area (TPSA) is 71.2 Å². The molecule has 162 valence electrons. The molecule has 4 aromatic rings. The van der Waals surface area contributed by atoms with Crippen LogP contribution in [0.3, 0.4) is 0 Å². The first-order valence-electron chi connectivity index (χ1n) is 11.2. The number of H-pyrrole nitrogens is 1. The Morgan fingerprint density at radius 1 is 1.19 bits per heavy atom. The molecule has 0 aliphatic carbocycles. The second-order valence-electron chi connectivity index (χ2n) is 9.37. The molecule has 1 aliphatic rings. The molecule has 1 aliphatic heterocycles. The molecule has 1 atom stereocenters. The Morgan fingerprint density at radius 3 is 2.84 bits per heavy atom. The molecule has 3 aromatic heterocycles. The smallest absolute Gasteiger partial charge is 0.306 e. The number of nitrogens with one attached hydrogen (secondary N) is 1. The van der Waals surface area contributed by atoms with Gasteiger partial charge in [0.1, 0.15) is 6.33 Å². The maximum absolute atomic E-state index is 13.0. The maximum atomic E-state index is 13.0. The second kappa shape index (κ2) is 7.64. The monoisotopic (exact) mass is 418 g/mol. The number of imidazole rings is 1. The third kappa shape index (κ3) is 3.57. The summed E-state index contributed by atoms with van der Waals surface area (Å²) in [5, 5.41) is 4.30. The molecule has 0 saturated carbocycles. The largest absolute Gasteiger partial charge is 0.326 e. The number of rotatable bonds is 4. The fraction of sp³-hybridized carbons (Fsp3) is 0.458. The highest BCUT2D eigenvalue weighted by Crippen LogP contribution is 2.31. The number of fused-ring (bicyclic) bond motifs is 2. The average Bonchev–Trinajstić information content (AvgIpc) is 3.30. The normalized spacial score (nSPS) is 17.9. The molecule has 1 aromatic carbocycles. The number of piperidine rings is 1. The van der Waals surface area contributed by atoms with Crippen LogP contribution in [0.15, 0.2) is 35.5 Å². The molecule has 0 amide bonds. The molecule has 1 fully saturated rings. The number of aromatic amines is 1. The van der Waals surface area contributed by atoms with Gasteiger partial charge in [0, 0.05) is 24.8 Å². The van der Waals surface area contributed by atoms with Crippen molar-refractivity contribution in [1.29, 1.82) is 0 Å². The summed E-state index contributed by atoms with van der Waals surface area (Å²) in [4.78, 5) is 22.9. The van der Waals surface area contributed by atoms with E-state index in [1.165, 1.54) is 0 Å². The Hall–Kier alpha value is -2.93. The Bertz CT molecular complexity index is 1310. The van der Waals surface area contributed by atoms with Crippen molar-refractivity contribution < 1.29 is 0 Å². The van der Waals surface area contributed by atoms with Gasteiger partial charge in [0.15, 0.2) is 5.65 Å². The minimum atomic E-state index is -0.00847. The fourth-order valence-electron chi connectivity index (χ4n) is 5.12. The van der Waals surface area contributed by atoms with E-state index >= 15 is 0 Å². The van der Waals surface area contributed by atoms with Crippen LogP contribution in [0.1, 0.15) is 43.9 Å². The van der Waals surface area contributed by atoms with Crippen LogP contribution >= 0.6 is 0 Å². The van der Waals surface area contributed by atoms with E-state index in [4.69, 9.17) is 0 Å². The average molecular weight is 419 g/mol. The maximum Gasteiger partial charge on any atom is 0.326 e. The van der Waals surface area contributed by atoms with Gasteiger partial charge in [-0.05, 0) is 74.0 Å². The van der Waals surface area contributed by atoms with E-state index < -0.39 is 0 Å². The SMILES string of the molecule is Cc1cc2c(cc1-c1cc(C)c3ncnn3c1)[nH]c(=O)n2[C@@H]1CCCN(CC(C)C)C1. The van der Waals surface area contributed by atoms with Crippen LogP contribution in [0.4, 0.5) is 0 Å². The van der Waals surface area contributed by atoms with Gasteiger partial charge in [-0.2, -0.15) is 5.10 Å². The zero-order chi connectivity index (χ0) is 21.7. The van der Waals surface area contributed by atoms with Crippen LogP contribution in [0, 0.1) is 19.8 Å². The van der Waals surface area contributed by atoms with E-state index in [0.717, 1.165) is 71.4 Å². The van der Waals surface area contributed by atoms with Gasteiger partial charge in [-0.1, -0.05) is 13.8 Å². The van der Waals surface area contributed by atoms with Gasteiger partial charge < -0.3 is 9.88 Å². The van der Waals surface area contributed by atoms with Crippen molar-refractivity contribution in [3.05, 3.63) is 52.3 Å². The number of nitrogens with zero attached hydrogens (tertiary/aromatic N) is 5. The first-order chi connectivity index (χ1) is 14.9. The molecule has 0 bridgehead atoms. The summed E-state index contributed by atoms with van der Waals surface area (Å²) in [6, 6.07) is 6.62. The Balaban J connectivity index is 1.56. The van der Waals surface area contributed by atoms with Gasteiger partial charge in [-0.3, -0.25) is 4.57 Å². The van der Waals surface area contributed by atoms with Gasteiger partial charge in [-0.25, -0.2) is 14.3 Å². The quantitative estimate of drug-likeness (QED) is 0.545. The minimum Gasteiger partial charge on any atom is -0.306 e. The zero-order valence-electron chi connectivity index (χ0n) is 18.7. The molecule has 7 heteroatoms. The molecular weight excluding hydrogens is 388 g/mol. The highest BCUT2D eigenvalue weighted by molar-refractivity contribution is 5.84. The van der Waals surface area contributed by atoms with Gasteiger partial charge in [0.2, 0.25) is 0 Å². The lowest BCUT2D eigenvalue weighted by molar-refractivity contribution is 0.161. The highest BCUT2D eigenvalue weighted by atomic mass is 16.1. The molecule has 0 spiro atoms. The van der Waals surface area contributed by atoms with Crippen LogP contribution in [0.25, 0.3) is 27.8 Å². The Labute approximate surface area is 181 Å². The predicted octanol–water partition coefficient (Wildman–Crippen LogP) is 3.95. The van der Waals surface area contributed by atoms with Crippen LogP contribution < -0.4 is 5.69 Å². The lowest BCUT2D eigenvalue weighted by Crippen LogP contribution is -2.40. The van der Waals surface area contributed by atoms with Gasteiger partial charge >= 0.3 is 5.69 Å². The first-order valence-corrected chi connectivity index (χ1v) is 11.2. The Morgan fingerprint density at radius 2 is 2.03 bits per heavy atom. The lowest BCUT2D eigenvalue weighted by atomic mass is 9.99. The Kier molecular flexibility index (Phi) is 4.93. The van der Waals surface area contributed by atoms with Gasteiger partial charge in [-0.15, -0.1) is 0 Å². The van der Waals surface area contributed by atoms with E-state index in [-0.39, 0.29) is 11.7 Å². The van der Waals surface area contributed by atoms with Crippen molar-refractivity contribution in [2.45, 2.75) is 46.6 Å². The van der Waals surface area contributed by atoms with Crippen LogP contribution in [0.5, 0.6) is 0 Å². The van der Waals surface area contributed by atoms with Crippen LogP contribution in [0.2, 0.25) is 0 Å². The second-order valence-corrected chi connectivity index (χ2v) is 9.37. The summed E-state index contributed by atoms with van der Waals surface area (Å²) in [5.74, 6) is 0.633. The van der Waals surface area contributed by atoms with Gasteiger partial charge in [0.25, 0.3) is 0 Å². The highest BCUT2D eigenvalue weighted by Gasteiger charge is 2.25. The number of likely N-dealkylation sites (tertiary alicyclic amines) is 1. The molecule has 0 unspecified atom stereocenters. The molecule has 1 saturated heterocycles. The number of pyridine rings is 1. The van der Waals surface area contributed by atoms with E-state index in [1.807, 2.05) is 22.2 Å². The summed E-state index contributed by atoms with van der Waals surface area (Å²) in [7, 11) is 0. The summed E-state index contributed by atoms with van der Waals surface area (Å²) in [5.41, 5.74) is 7.15. The number of aryl methyl sites for hydroxylation is 2. The van der Waals surface area contributed by atoms with Crippen molar-refractivity contribution in [3.8, 4) is 11.1 Å². The molecule has 5 rings (SSSR count). The number of aromatic nitrogens is 5. The minimum absolute atomic E-state index is 0.00847. The summed E-state index contributed by atoms with van der Waals surface area (Å²) in [6.45, 7) is 11.8. The number of benzene rings is 1. The van der Waals surface area contributed by atoms with Crippen molar-refractivity contribution in [2.75, 3.05) is 19.6 Å². The standard InChI is InChI=1S/C24H30N6O/c1-15(2)11-28-7-5-6-19(13-28)30-22-9-16(3)20(10-21(22)27-24(30)31)18-8-17(4)23-25-14-26-29(23)12-18/h8-10,12,14-15,19H,5-7,11,13H2,1-4H3,(H,27,31)/t19-/m1/s1. The summed E-state index contributed by atoms with van der Waals surface area (Å²) < 4.78 is 3.80. The molecule has 0 radical (unpaired) electrons. The van der Waals surface area contributed by atoms with Crippen molar-refractivity contribution >= 4 is 16.7 Å². The fourth-order valence-corrected chi connectivity index (χ4v) is 5.12. The van der Waals surface area contributed by atoms with Crippen molar-refractivity contribution in [1.82, 2.24) is 29.0 Å². The van der Waals surface area contributed by atoms with Crippen LogP contribution in [-0.4, -0.2) is 48.7 Å². The van der Waals surface area contributed by atoms with E-state index in [9.17, 15) is 4.79 Å². The van der Waals surface area contributed by atoms with Crippen molar-refractivity contribution in [3.63, 3.8) is 0 Å². The predicted molar refractivity (Wildman–Crippen MR) is 124 cm³/mol. The molecule has 7 nitrogen and oxygen atoms in total. The third-order valence-corrected chi connectivity index (χ3v) is 6.40.